The number of aryl methyl sites for hydroxylation is 1. The molecule has 0 fully saturated rings. The normalized spacial score (nSPS) is 15.1. The van der Waals surface area contributed by atoms with Crippen LogP contribution in [0.25, 0.3) is 0 Å². The predicted octanol–water partition coefficient (Wildman–Crippen LogP) is 0.530. The lowest BCUT2D eigenvalue weighted by atomic mass is 10.1. The average Bonchev–Trinajstić information content (AvgIpc) is 2.17. The quantitative estimate of drug-likeness (QED) is 0.764. The smallest absolute Gasteiger partial charge is 0.0601 e. The van der Waals surface area contributed by atoms with Gasteiger partial charge in [-0.2, -0.15) is 0 Å². The van der Waals surface area contributed by atoms with E-state index in [0.717, 1.165) is 11.4 Å². The summed E-state index contributed by atoms with van der Waals surface area (Å²) in [5, 5.41) is 9.26. The van der Waals surface area contributed by atoms with Crippen molar-refractivity contribution in [3.63, 3.8) is 0 Å². The second-order valence-electron chi connectivity index (χ2n) is 4.29. The summed E-state index contributed by atoms with van der Waals surface area (Å²) < 4.78 is 0. The molecule has 1 aromatic heterocycles. The van der Waals surface area contributed by atoms with E-state index in [9.17, 15) is 5.11 Å². The van der Waals surface area contributed by atoms with E-state index in [-0.39, 0.29) is 18.7 Å². The third-order valence-corrected chi connectivity index (χ3v) is 2.72. The highest BCUT2D eigenvalue weighted by molar-refractivity contribution is 5.09. The van der Waals surface area contributed by atoms with Crippen LogP contribution in [0.4, 0.5) is 0 Å². The lowest BCUT2D eigenvalue weighted by molar-refractivity contribution is 0.124. The zero-order valence-corrected chi connectivity index (χ0v) is 10.2. The molecule has 0 spiro atoms. The molecule has 1 heterocycles. The molecule has 0 radical (unpaired) electrons. The number of nitrogens with two attached hydrogens (primary N) is 1. The average molecular weight is 223 g/mol. The van der Waals surface area contributed by atoms with Crippen LogP contribution in [0.15, 0.2) is 18.2 Å². The molecule has 0 aliphatic carbocycles. The summed E-state index contributed by atoms with van der Waals surface area (Å²) in [7, 11) is 1.95. The number of pyridine rings is 1. The van der Waals surface area contributed by atoms with Crippen LogP contribution in [0.1, 0.15) is 18.3 Å². The molecule has 0 amide bonds. The fraction of sp³-hybridized carbons (Fsp3) is 0.583. The lowest BCUT2D eigenvalue weighted by Crippen LogP contribution is -2.46. The highest BCUT2D eigenvalue weighted by atomic mass is 16.3. The Morgan fingerprint density at radius 1 is 1.50 bits per heavy atom. The molecule has 2 unspecified atom stereocenters. The molecule has 4 heteroatoms. The monoisotopic (exact) mass is 223 g/mol. The summed E-state index contributed by atoms with van der Waals surface area (Å²) in [6.07, 6.45) is 0. The first kappa shape index (κ1) is 13.1. The number of hydrogen-bond acceptors (Lipinski definition) is 4. The van der Waals surface area contributed by atoms with E-state index >= 15 is 0 Å². The molecule has 3 N–H and O–H groups in total. The number of aromatic nitrogens is 1. The standard InChI is InChI=1S/C12H21N3O/c1-9-5-4-6-11(14-9)7-15(3)12(8-16)10(2)13/h4-6,10,12,16H,7-8,13H2,1-3H3. The van der Waals surface area contributed by atoms with Crippen molar-refractivity contribution < 1.29 is 5.11 Å². The summed E-state index contributed by atoms with van der Waals surface area (Å²) >= 11 is 0. The molecule has 0 aliphatic heterocycles. The first-order chi connectivity index (χ1) is 7.54. The van der Waals surface area contributed by atoms with Gasteiger partial charge in [-0.15, -0.1) is 0 Å². The van der Waals surface area contributed by atoms with E-state index < -0.39 is 0 Å². The van der Waals surface area contributed by atoms with Crippen molar-refractivity contribution >= 4 is 0 Å². The Kier molecular flexibility index (Phi) is 4.86. The van der Waals surface area contributed by atoms with Crippen LogP contribution in [-0.4, -0.2) is 40.7 Å². The fourth-order valence-electron chi connectivity index (χ4n) is 1.77. The number of nitrogens with zero attached hydrogens (tertiary/aromatic N) is 2. The van der Waals surface area contributed by atoms with Crippen LogP contribution in [0.3, 0.4) is 0 Å². The number of aliphatic hydroxyl groups is 1. The molecular weight excluding hydrogens is 202 g/mol. The van der Waals surface area contributed by atoms with Crippen molar-refractivity contribution in [3.8, 4) is 0 Å². The number of aliphatic hydroxyl groups excluding tert-OH is 1. The second-order valence-corrected chi connectivity index (χ2v) is 4.29. The predicted molar refractivity (Wildman–Crippen MR) is 65.0 cm³/mol. The van der Waals surface area contributed by atoms with Gasteiger partial charge in [0.05, 0.1) is 12.3 Å². The summed E-state index contributed by atoms with van der Waals surface area (Å²) in [5.41, 5.74) is 7.82. The van der Waals surface area contributed by atoms with Gasteiger partial charge in [0.15, 0.2) is 0 Å². The number of hydrogen-bond donors (Lipinski definition) is 2. The zero-order valence-electron chi connectivity index (χ0n) is 10.2. The van der Waals surface area contributed by atoms with E-state index in [0.29, 0.717) is 6.54 Å². The van der Waals surface area contributed by atoms with Gasteiger partial charge in [0.2, 0.25) is 0 Å². The van der Waals surface area contributed by atoms with Crippen LogP contribution in [0, 0.1) is 6.92 Å². The molecule has 0 saturated carbocycles. The third-order valence-electron chi connectivity index (χ3n) is 2.72. The van der Waals surface area contributed by atoms with Crippen LogP contribution in [0.2, 0.25) is 0 Å². The van der Waals surface area contributed by atoms with E-state index in [4.69, 9.17) is 5.73 Å². The zero-order chi connectivity index (χ0) is 12.1. The van der Waals surface area contributed by atoms with E-state index in [2.05, 4.69) is 4.98 Å². The Morgan fingerprint density at radius 2 is 2.19 bits per heavy atom. The number of likely N-dealkylation sites (N-methyl/N-ethyl adjacent to an activating group) is 1. The second kappa shape index (κ2) is 5.94. The summed E-state index contributed by atoms with van der Waals surface area (Å²) in [6.45, 7) is 4.65. The molecule has 2 atom stereocenters. The summed E-state index contributed by atoms with van der Waals surface area (Å²) in [4.78, 5) is 6.46. The van der Waals surface area contributed by atoms with Crippen LogP contribution in [0.5, 0.6) is 0 Å². The molecule has 90 valence electrons. The van der Waals surface area contributed by atoms with Crippen LogP contribution >= 0.6 is 0 Å². The minimum atomic E-state index is -0.0557. The van der Waals surface area contributed by atoms with Crippen molar-refractivity contribution in [1.29, 1.82) is 0 Å². The van der Waals surface area contributed by atoms with E-state index in [1.165, 1.54) is 0 Å². The fourth-order valence-corrected chi connectivity index (χ4v) is 1.77. The van der Waals surface area contributed by atoms with Gasteiger partial charge in [0.1, 0.15) is 0 Å². The topological polar surface area (TPSA) is 62.4 Å². The van der Waals surface area contributed by atoms with Gasteiger partial charge in [0, 0.05) is 24.3 Å². The minimum absolute atomic E-state index is 0.0256. The molecule has 4 nitrogen and oxygen atoms in total. The Morgan fingerprint density at radius 3 is 2.69 bits per heavy atom. The van der Waals surface area contributed by atoms with Crippen molar-refractivity contribution in [2.45, 2.75) is 32.5 Å². The third kappa shape index (κ3) is 3.56. The Labute approximate surface area is 97.1 Å². The summed E-state index contributed by atoms with van der Waals surface area (Å²) in [6, 6.07) is 5.87. The lowest BCUT2D eigenvalue weighted by Gasteiger charge is -2.29. The van der Waals surface area contributed by atoms with Gasteiger partial charge in [-0.25, -0.2) is 0 Å². The van der Waals surface area contributed by atoms with Gasteiger partial charge in [0.25, 0.3) is 0 Å². The Balaban J connectivity index is 2.66. The molecule has 0 bridgehead atoms. The highest BCUT2D eigenvalue weighted by Gasteiger charge is 2.18. The van der Waals surface area contributed by atoms with Gasteiger partial charge in [-0.1, -0.05) is 6.07 Å². The number of rotatable bonds is 5. The molecule has 0 aliphatic rings. The first-order valence-electron chi connectivity index (χ1n) is 5.53. The molecule has 1 rings (SSSR count). The van der Waals surface area contributed by atoms with Gasteiger partial charge >= 0.3 is 0 Å². The van der Waals surface area contributed by atoms with E-state index in [1.54, 1.807) is 0 Å². The first-order valence-corrected chi connectivity index (χ1v) is 5.53. The van der Waals surface area contributed by atoms with Crippen molar-refractivity contribution in [1.82, 2.24) is 9.88 Å². The molecule has 16 heavy (non-hydrogen) atoms. The highest BCUT2D eigenvalue weighted by Crippen LogP contribution is 2.06. The van der Waals surface area contributed by atoms with Crippen LogP contribution in [-0.2, 0) is 6.54 Å². The Bertz CT molecular complexity index is 328. The largest absolute Gasteiger partial charge is 0.395 e. The molecule has 0 saturated heterocycles. The maximum absolute atomic E-state index is 9.26. The molecular formula is C12H21N3O. The van der Waals surface area contributed by atoms with Crippen molar-refractivity contribution in [3.05, 3.63) is 29.6 Å². The van der Waals surface area contributed by atoms with Crippen molar-refractivity contribution in [2.75, 3.05) is 13.7 Å². The van der Waals surface area contributed by atoms with Gasteiger partial charge in [-0.3, -0.25) is 9.88 Å². The SMILES string of the molecule is Cc1cccc(CN(C)C(CO)C(C)N)n1. The maximum atomic E-state index is 9.26. The van der Waals surface area contributed by atoms with E-state index in [1.807, 2.05) is 44.0 Å². The Hall–Kier alpha value is -0.970. The van der Waals surface area contributed by atoms with Crippen LogP contribution < -0.4 is 5.73 Å². The van der Waals surface area contributed by atoms with Crippen molar-refractivity contribution in [2.24, 2.45) is 5.73 Å². The van der Waals surface area contributed by atoms with Gasteiger partial charge < -0.3 is 10.8 Å². The summed E-state index contributed by atoms with van der Waals surface area (Å²) in [5.74, 6) is 0. The molecule has 0 aromatic carbocycles. The maximum Gasteiger partial charge on any atom is 0.0601 e. The molecule has 1 aromatic rings. The minimum Gasteiger partial charge on any atom is -0.395 e. The van der Waals surface area contributed by atoms with Gasteiger partial charge in [-0.05, 0) is 33.0 Å².